The van der Waals surface area contributed by atoms with Gasteiger partial charge in [-0.1, -0.05) is 74.5 Å². The number of nitrogens with one attached hydrogen (secondary N) is 2. The Morgan fingerprint density at radius 1 is 0.811 bits per heavy atom. The van der Waals surface area contributed by atoms with Crippen LogP contribution in [0.15, 0.2) is 110 Å². The molecule has 0 radical (unpaired) electrons. The Labute approximate surface area is 312 Å². The molecule has 8 rings (SSSR count). The normalized spacial score (nSPS) is 16.7. The van der Waals surface area contributed by atoms with Crippen molar-refractivity contribution in [2.24, 2.45) is 0 Å². The van der Waals surface area contributed by atoms with Gasteiger partial charge >= 0.3 is 0 Å². The Kier molecular flexibility index (Phi) is 10.2. The number of nitrogens with zero attached hydrogens (tertiary/aromatic N) is 6. The van der Waals surface area contributed by atoms with Gasteiger partial charge in [-0.2, -0.15) is 0 Å². The number of likely N-dealkylation sites (N-methyl/N-ethyl adjacent to an activating group) is 1. The number of piperidine rings is 1. The highest BCUT2D eigenvalue weighted by atomic mass is 16.2. The summed E-state index contributed by atoms with van der Waals surface area (Å²) in [7, 11) is 0. The number of anilines is 3. The second-order valence-electron chi connectivity index (χ2n) is 14.2. The number of benzene rings is 4. The lowest BCUT2D eigenvalue weighted by Gasteiger charge is -2.34. The minimum Gasteiger partial charge on any atom is -0.372 e. The quantitative estimate of drug-likeness (QED) is 0.139. The van der Waals surface area contributed by atoms with E-state index < -0.39 is 0 Å². The number of H-pyrrole nitrogens is 1. The van der Waals surface area contributed by atoms with Gasteiger partial charge in [0.15, 0.2) is 0 Å². The van der Waals surface area contributed by atoms with E-state index >= 15 is 0 Å². The van der Waals surface area contributed by atoms with Gasteiger partial charge < -0.3 is 20.1 Å². The molecule has 2 fully saturated rings. The third kappa shape index (κ3) is 7.26. The van der Waals surface area contributed by atoms with Crippen LogP contribution < -0.4 is 10.2 Å². The maximum atomic E-state index is 14.2. The molecule has 6 aromatic rings. The summed E-state index contributed by atoms with van der Waals surface area (Å²) in [5.41, 5.74) is 8.40. The third-order valence-corrected chi connectivity index (χ3v) is 11.0. The van der Waals surface area contributed by atoms with E-state index in [0.717, 1.165) is 102 Å². The number of likely N-dealkylation sites (tertiary alicyclic amines) is 1. The molecule has 4 heterocycles. The van der Waals surface area contributed by atoms with E-state index in [0.29, 0.717) is 0 Å². The summed E-state index contributed by atoms with van der Waals surface area (Å²) in [6, 6.07) is 33.3. The van der Waals surface area contributed by atoms with Crippen molar-refractivity contribution in [3.05, 3.63) is 121 Å². The predicted octanol–water partition coefficient (Wildman–Crippen LogP) is 9.17. The van der Waals surface area contributed by atoms with Crippen LogP contribution in [-0.4, -0.2) is 68.4 Å². The third-order valence-electron chi connectivity index (χ3n) is 11.0. The number of fused-ring (bicyclic) bond motifs is 1. The van der Waals surface area contributed by atoms with Crippen LogP contribution in [-0.2, 0) is 4.79 Å². The molecule has 270 valence electrons. The molecule has 1 amide bonds. The van der Waals surface area contributed by atoms with Crippen LogP contribution in [0, 0.1) is 0 Å². The number of hydrogen-bond acceptors (Lipinski definition) is 7. The Hall–Kier alpha value is -5.54. The summed E-state index contributed by atoms with van der Waals surface area (Å²) in [5.74, 6) is 1.78. The lowest BCUT2D eigenvalue weighted by molar-refractivity contribution is -0.138. The smallest absolute Gasteiger partial charge is 0.245 e. The molecule has 2 aliphatic heterocycles. The second-order valence-corrected chi connectivity index (χ2v) is 14.2. The number of rotatable bonds is 11. The standard InChI is InChI=1S/C44H48N8O/c1-3-50(4-2)41(33-12-7-5-8-13-33)44(53)52-27-11-14-40(52)43-45-29-39(49-43)32-17-15-31(16-18-32)34-19-24-38-37(28-34)42(47-30-46-38)48-35-20-22-36(23-21-35)51-25-9-6-10-26-51/h5,7-8,12-13,15-24,28-30,40-41H,3-4,6,9-11,14,25-27H2,1-2H3,(H,45,49)(H,46,47,48)/t40-,41+/m0/s1. The number of hydrogen-bond donors (Lipinski definition) is 2. The molecular formula is C44H48N8O. The van der Waals surface area contributed by atoms with Crippen LogP contribution in [0.4, 0.5) is 17.2 Å². The lowest BCUT2D eigenvalue weighted by atomic mass is 10.0. The van der Waals surface area contributed by atoms with E-state index in [1.165, 1.54) is 24.9 Å². The summed E-state index contributed by atoms with van der Waals surface area (Å²) in [6.45, 7) is 8.85. The van der Waals surface area contributed by atoms with E-state index in [2.05, 4.69) is 123 Å². The zero-order valence-electron chi connectivity index (χ0n) is 30.7. The zero-order chi connectivity index (χ0) is 36.1. The fourth-order valence-corrected chi connectivity index (χ4v) is 8.08. The largest absolute Gasteiger partial charge is 0.372 e. The molecular weight excluding hydrogens is 657 g/mol. The van der Waals surface area contributed by atoms with E-state index in [-0.39, 0.29) is 18.0 Å². The molecule has 0 saturated carbocycles. The first-order chi connectivity index (χ1) is 26.1. The van der Waals surface area contributed by atoms with Gasteiger partial charge in [-0.25, -0.2) is 15.0 Å². The van der Waals surface area contributed by atoms with Crippen LogP contribution in [0.5, 0.6) is 0 Å². The molecule has 2 aliphatic rings. The average molecular weight is 705 g/mol. The number of aromatic amines is 1. The topological polar surface area (TPSA) is 93.3 Å². The van der Waals surface area contributed by atoms with Crippen molar-refractivity contribution in [3.63, 3.8) is 0 Å². The minimum absolute atomic E-state index is 0.0764. The van der Waals surface area contributed by atoms with Gasteiger partial charge in [-0.15, -0.1) is 0 Å². The van der Waals surface area contributed by atoms with Gasteiger partial charge in [-0.3, -0.25) is 9.69 Å². The summed E-state index contributed by atoms with van der Waals surface area (Å²) in [6.07, 6.45) is 9.22. The average Bonchev–Trinajstić information content (AvgIpc) is 3.92. The van der Waals surface area contributed by atoms with Crippen molar-refractivity contribution >= 4 is 34.0 Å². The Bertz CT molecular complexity index is 2140. The molecule has 0 unspecified atom stereocenters. The fourth-order valence-electron chi connectivity index (χ4n) is 8.08. The van der Waals surface area contributed by atoms with E-state index in [1.807, 2.05) is 29.3 Å². The molecule has 4 aromatic carbocycles. The Morgan fingerprint density at radius 3 is 2.30 bits per heavy atom. The number of aromatic nitrogens is 4. The highest BCUT2D eigenvalue weighted by Crippen LogP contribution is 2.36. The molecule has 9 nitrogen and oxygen atoms in total. The fraction of sp³-hybridized carbons (Fsp3) is 0.318. The van der Waals surface area contributed by atoms with Crippen molar-refractivity contribution in [3.8, 4) is 22.4 Å². The summed E-state index contributed by atoms with van der Waals surface area (Å²) in [4.78, 5) is 38.6. The van der Waals surface area contributed by atoms with Crippen molar-refractivity contribution in [2.45, 2.75) is 58.0 Å². The number of carbonyl (C=O) groups is 1. The molecule has 9 heteroatoms. The SMILES string of the molecule is CCN(CC)[C@@H](C(=O)N1CCC[C@H]1c1ncc(-c2ccc(-c3ccc4ncnc(Nc5ccc(N6CCCCC6)cc5)c4c3)cc2)[nH]1)c1ccccc1. The van der Waals surface area contributed by atoms with Gasteiger partial charge in [0.25, 0.3) is 0 Å². The maximum absolute atomic E-state index is 14.2. The first-order valence-electron chi connectivity index (χ1n) is 19.2. The molecule has 2 atom stereocenters. The monoisotopic (exact) mass is 704 g/mol. The molecule has 2 N–H and O–H groups in total. The Balaban J connectivity index is 0.987. The number of carbonyl (C=O) groups excluding carboxylic acids is 1. The van der Waals surface area contributed by atoms with Gasteiger partial charge in [0.1, 0.15) is 24.0 Å². The number of imidazole rings is 1. The van der Waals surface area contributed by atoms with Crippen molar-refractivity contribution in [2.75, 3.05) is 42.9 Å². The first kappa shape index (κ1) is 34.5. The zero-order valence-corrected chi connectivity index (χ0v) is 30.7. The molecule has 2 aromatic heterocycles. The van der Waals surface area contributed by atoms with Gasteiger partial charge in [0.05, 0.1) is 23.4 Å². The van der Waals surface area contributed by atoms with Gasteiger partial charge in [-0.05, 0) is 104 Å². The molecule has 2 saturated heterocycles. The van der Waals surface area contributed by atoms with Crippen molar-refractivity contribution in [1.29, 1.82) is 0 Å². The first-order valence-corrected chi connectivity index (χ1v) is 19.2. The van der Waals surface area contributed by atoms with Crippen LogP contribution >= 0.6 is 0 Å². The highest BCUT2D eigenvalue weighted by Gasteiger charge is 2.38. The molecule has 53 heavy (non-hydrogen) atoms. The summed E-state index contributed by atoms with van der Waals surface area (Å²) >= 11 is 0. The van der Waals surface area contributed by atoms with E-state index in [9.17, 15) is 4.79 Å². The van der Waals surface area contributed by atoms with E-state index in [4.69, 9.17) is 4.98 Å². The second kappa shape index (κ2) is 15.6. The maximum Gasteiger partial charge on any atom is 0.245 e. The predicted molar refractivity (Wildman–Crippen MR) is 214 cm³/mol. The molecule has 0 bridgehead atoms. The van der Waals surface area contributed by atoms with Gasteiger partial charge in [0.2, 0.25) is 5.91 Å². The highest BCUT2D eigenvalue weighted by molar-refractivity contribution is 5.94. The van der Waals surface area contributed by atoms with Crippen molar-refractivity contribution < 1.29 is 4.79 Å². The molecule has 0 spiro atoms. The summed E-state index contributed by atoms with van der Waals surface area (Å²) < 4.78 is 0. The van der Waals surface area contributed by atoms with Crippen LogP contribution in [0.1, 0.15) is 69.4 Å². The van der Waals surface area contributed by atoms with Crippen LogP contribution in [0.3, 0.4) is 0 Å². The Morgan fingerprint density at radius 2 is 1.55 bits per heavy atom. The van der Waals surface area contributed by atoms with Crippen LogP contribution in [0.25, 0.3) is 33.3 Å². The van der Waals surface area contributed by atoms with Gasteiger partial charge in [0, 0.05) is 36.4 Å². The van der Waals surface area contributed by atoms with E-state index in [1.54, 1.807) is 6.33 Å². The summed E-state index contributed by atoms with van der Waals surface area (Å²) in [5, 5.41) is 4.51. The minimum atomic E-state index is -0.307. The van der Waals surface area contributed by atoms with Crippen LogP contribution in [0.2, 0.25) is 0 Å². The lowest BCUT2D eigenvalue weighted by Crippen LogP contribution is -2.43. The van der Waals surface area contributed by atoms with Crippen molar-refractivity contribution in [1.82, 2.24) is 29.7 Å². The molecule has 0 aliphatic carbocycles. The number of amides is 1.